The average Bonchev–Trinajstić information content (AvgIpc) is 2.33. The van der Waals surface area contributed by atoms with Crippen LogP contribution in [0.1, 0.15) is 23.6 Å². The van der Waals surface area contributed by atoms with E-state index >= 15 is 0 Å². The Labute approximate surface area is 112 Å². The van der Waals surface area contributed by atoms with E-state index in [1.165, 1.54) is 20.1 Å². The van der Waals surface area contributed by atoms with Crippen LogP contribution in [0.3, 0.4) is 0 Å². The molecule has 2 aliphatic heterocycles. The summed E-state index contributed by atoms with van der Waals surface area (Å²) in [6.45, 7) is 1.01. The smallest absolute Gasteiger partial charge is 0.0592 e. The topological polar surface area (TPSA) is 3.24 Å². The van der Waals surface area contributed by atoms with Crippen LogP contribution in [0, 0.1) is 0 Å². The van der Waals surface area contributed by atoms with Crippen LogP contribution in [0.2, 0.25) is 0 Å². The normalized spacial score (nSPS) is 21.9. The summed E-state index contributed by atoms with van der Waals surface area (Å²) in [5, 5.41) is 0. The Balaban J connectivity index is 2.19. The molecule has 1 atom stereocenters. The number of benzene rings is 1. The molecule has 0 saturated heterocycles. The predicted octanol–water partition coefficient (Wildman–Crippen LogP) is 4.50. The summed E-state index contributed by atoms with van der Waals surface area (Å²) in [4.78, 5) is 2.39. The van der Waals surface area contributed by atoms with E-state index in [1.807, 2.05) is 0 Å². The fourth-order valence-corrected chi connectivity index (χ4v) is 3.48. The Hall–Kier alpha value is -0.540. The zero-order valence-electron chi connectivity index (χ0n) is 8.66. The van der Waals surface area contributed by atoms with Crippen molar-refractivity contribution in [1.29, 1.82) is 0 Å². The number of halogens is 2. The lowest BCUT2D eigenvalue weighted by Crippen LogP contribution is -2.29. The van der Waals surface area contributed by atoms with Crippen LogP contribution in [-0.2, 0) is 0 Å². The van der Waals surface area contributed by atoms with Crippen molar-refractivity contribution in [3.63, 3.8) is 0 Å². The number of fused-ring (bicyclic) bond motifs is 3. The number of hydrogen-bond donors (Lipinski definition) is 0. The van der Waals surface area contributed by atoms with Crippen LogP contribution >= 0.6 is 31.9 Å². The molecule has 3 heteroatoms. The van der Waals surface area contributed by atoms with Gasteiger partial charge in [0.15, 0.2) is 0 Å². The lowest BCUT2D eigenvalue weighted by molar-refractivity contribution is 0.292. The molecule has 2 aliphatic rings. The summed E-state index contributed by atoms with van der Waals surface area (Å²) in [5.41, 5.74) is 2.71. The fraction of sp³-hybridized carbons (Fsp3) is 0.231. The molecule has 1 nitrogen and oxygen atoms in total. The quantitative estimate of drug-likeness (QED) is 0.628. The highest BCUT2D eigenvalue weighted by atomic mass is 79.9. The van der Waals surface area contributed by atoms with Gasteiger partial charge < -0.3 is 4.90 Å². The average molecular weight is 341 g/mol. The van der Waals surface area contributed by atoms with E-state index in [4.69, 9.17) is 0 Å². The van der Waals surface area contributed by atoms with Crippen LogP contribution in [0.15, 0.2) is 39.4 Å². The zero-order valence-corrected chi connectivity index (χ0v) is 11.8. The van der Waals surface area contributed by atoms with Gasteiger partial charge in [0.25, 0.3) is 0 Å². The second kappa shape index (κ2) is 4.04. The molecule has 0 spiro atoms. The van der Waals surface area contributed by atoms with Crippen LogP contribution < -0.4 is 0 Å². The minimum absolute atomic E-state index is 0.483. The molecule has 0 fully saturated rings. The molecule has 1 unspecified atom stereocenters. The third-order valence-electron chi connectivity index (χ3n) is 3.19. The van der Waals surface area contributed by atoms with E-state index in [1.54, 1.807) is 0 Å². The first kappa shape index (κ1) is 10.6. The van der Waals surface area contributed by atoms with Gasteiger partial charge in [0, 0.05) is 21.7 Å². The standard InChI is InChI=1S/C13H11Br2N/c14-10-4-5-11(15)13-9(10)6-8-16-7-2-1-3-12(13)16/h1-2,4-6,8,12H,3,7H2. The zero-order chi connectivity index (χ0) is 11.1. The van der Waals surface area contributed by atoms with Crippen molar-refractivity contribution in [3.8, 4) is 0 Å². The molecule has 82 valence electrons. The first-order valence-corrected chi connectivity index (χ1v) is 6.93. The first-order valence-electron chi connectivity index (χ1n) is 5.34. The molecule has 2 heterocycles. The second-order valence-corrected chi connectivity index (χ2v) is 5.80. The molecular formula is C13H11Br2N. The maximum atomic E-state index is 3.67. The largest absolute Gasteiger partial charge is 0.366 e. The van der Waals surface area contributed by atoms with Crippen molar-refractivity contribution in [1.82, 2.24) is 4.90 Å². The van der Waals surface area contributed by atoms with Gasteiger partial charge in [0.05, 0.1) is 6.04 Å². The third-order valence-corrected chi connectivity index (χ3v) is 4.57. The SMILES string of the molecule is Brc1ccc(Br)c2c1C=CN1CC=CCC21. The predicted molar refractivity (Wildman–Crippen MR) is 74.1 cm³/mol. The molecule has 1 aromatic carbocycles. The van der Waals surface area contributed by atoms with Crippen molar-refractivity contribution in [2.24, 2.45) is 0 Å². The molecule has 0 saturated carbocycles. The summed E-state index contributed by atoms with van der Waals surface area (Å²) in [6.07, 6.45) is 10.00. The van der Waals surface area contributed by atoms with Gasteiger partial charge in [-0.1, -0.05) is 44.0 Å². The minimum atomic E-state index is 0.483. The maximum Gasteiger partial charge on any atom is 0.0592 e. The van der Waals surface area contributed by atoms with Crippen molar-refractivity contribution < 1.29 is 0 Å². The Kier molecular flexibility index (Phi) is 2.68. The summed E-state index contributed by atoms with van der Waals surface area (Å²) >= 11 is 7.30. The minimum Gasteiger partial charge on any atom is -0.366 e. The molecular weight excluding hydrogens is 330 g/mol. The number of nitrogens with zero attached hydrogens (tertiary/aromatic N) is 1. The maximum absolute atomic E-state index is 3.67. The van der Waals surface area contributed by atoms with Crippen molar-refractivity contribution in [2.45, 2.75) is 12.5 Å². The van der Waals surface area contributed by atoms with E-state index in [0.29, 0.717) is 6.04 Å². The van der Waals surface area contributed by atoms with Gasteiger partial charge in [-0.3, -0.25) is 0 Å². The van der Waals surface area contributed by atoms with Gasteiger partial charge in [-0.2, -0.15) is 0 Å². The Bertz CT molecular complexity index is 491. The van der Waals surface area contributed by atoms with Crippen molar-refractivity contribution >= 4 is 37.9 Å². The highest BCUT2D eigenvalue weighted by Crippen LogP contribution is 2.41. The lowest BCUT2D eigenvalue weighted by Gasteiger charge is -2.37. The highest BCUT2D eigenvalue weighted by Gasteiger charge is 2.26. The Morgan fingerprint density at radius 3 is 2.81 bits per heavy atom. The van der Waals surface area contributed by atoms with E-state index in [-0.39, 0.29) is 0 Å². The summed E-state index contributed by atoms with van der Waals surface area (Å²) in [5.74, 6) is 0. The molecule has 0 amide bonds. The van der Waals surface area contributed by atoms with Gasteiger partial charge >= 0.3 is 0 Å². The molecule has 0 aliphatic carbocycles. The van der Waals surface area contributed by atoms with Crippen LogP contribution in [-0.4, -0.2) is 11.4 Å². The summed E-state index contributed by atoms with van der Waals surface area (Å²) in [6, 6.07) is 4.71. The summed E-state index contributed by atoms with van der Waals surface area (Å²) < 4.78 is 2.39. The van der Waals surface area contributed by atoms with Crippen LogP contribution in [0.5, 0.6) is 0 Å². The van der Waals surface area contributed by atoms with Gasteiger partial charge in [0.2, 0.25) is 0 Å². The van der Waals surface area contributed by atoms with E-state index in [2.05, 4.69) is 73.3 Å². The Morgan fingerprint density at radius 2 is 1.94 bits per heavy atom. The van der Waals surface area contributed by atoms with Crippen molar-refractivity contribution in [3.05, 3.63) is 50.6 Å². The Morgan fingerprint density at radius 1 is 1.12 bits per heavy atom. The third kappa shape index (κ3) is 1.57. The van der Waals surface area contributed by atoms with E-state index in [0.717, 1.165) is 13.0 Å². The van der Waals surface area contributed by atoms with Gasteiger partial charge in [-0.15, -0.1) is 0 Å². The van der Waals surface area contributed by atoms with Gasteiger partial charge in [-0.05, 0) is 35.8 Å². The summed E-state index contributed by atoms with van der Waals surface area (Å²) in [7, 11) is 0. The van der Waals surface area contributed by atoms with Crippen LogP contribution in [0.4, 0.5) is 0 Å². The lowest BCUT2D eigenvalue weighted by atomic mass is 9.92. The van der Waals surface area contributed by atoms with Crippen LogP contribution in [0.25, 0.3) is 6.08 Å². The second-order valence-electron chi connectivity index (χ2n) is 4.09. The molecule has 0 bridgehead atoms. The highest BCUT2D eigenvalue weighted by molar-refractivity contribution is 9.11. The van der Waals surface area contributed by atoms with E-state index in [9.17, 15) is 0 Å². The van der Waals surface area contributed by atoms with Gasteiger partial charge in [-0.25, -0.2) is 0 Å². The molecule has 0 aromatic heterocycles. The first-order chi connectivity index (χ1) is 7.77. The molecule has 1 aromatic rings. The number of hydrogen-bond acceptors (Lipinski definition) is 1. The monoisotopic (exact) mass is 339 g/mol. The van der Waals surface area contributed by atoms with Crippen molar-refractivity contribution in [2.75, 3.05) is 6.54 Å². The molecule has 16 heavy (non-hydrogen) atoms. The van der Waals surface area contributed by atoms with E-state index < -0.39 is 0 Å². The molecule has 0 N–H and O–H groups in total. The van der Waals surface area contributed by atoms with Gasteiger partial charge in [0.1, 0.15) is 0 Å². The molecule has 0 radical (unpaired) electrons. The molecule has 3 rings (SSSR count). The number of rotatable bonds is 0. The fourth-order valence-electron chi connectivity index (χ4n) is 2.39.